The van der Waals surface area contributed by atoms with Crippen LogP contribution >= 0.6 is 11.3 Å². The molecule has 21 heavy (non-hydrogen) atoms. The molecule has 1 rings (SSSR count). The Morgan fingerprint density at radius 3 is 2.62 bits per heavy atom. The summed E-state index contributed by atoms with van der Waals surface area (Å²) in [6.07, 6.45) is 3.39. The number of thiazole rings is 1. The highest BCUT2D eigenvalue weighted by molar-refractivity contribution is 7.07. The molecule has 0 aliphatic heterocycles. The molecule has 6 nitrogen and oxygen atoms in total. The monoisotopic (exact) mass is 312 g/mol. The predicted molar refractivity (Wildman–Crippen MR) is 84.5 cm³/mol. The summed E-state index contributed by atoms with van der Waals surface area (Å²) >= 11 is 1.53. The number of rotatable bonds is 9. The van der Waals surface area contributed by atoms with Gasteiger partial charge in [0, 0.05) is 18.3 Å². The van der Waals surface area contributed by atoms with Gasteiger partial charge in [0.1, 0.15) is 5.41 Å². The van der Waals surface area contributed by atoms with Crippen molar-refractivity contribution in [3.63, 3.8) is 0 Å². The lowest BCUT2D eigenvalue weighted by Crippen LogP contribution is -2.50. The van der Waals surface area contributed by atoms with E-state index in [0.717, 1.165) is 18.5 Å². The standard InChI is InChI=1S/C14H24N4O2S/c1-3-6-14(7-4-2,12(15)18-20)13(19)16-8-5-11-9-21-10-17-11/h9-10,20H,3-8H2,1-2H3,(H2,15,18)(H,16,19). The van der Waals surface area contributed by atoms with Crippen LogP contribution in [0.15, 0.2) is 16.0 Å². The van der Waals surface area contributed by atoms with Crippen LogP contribution in [0, 0.1) is 5.41 Å². The second-order valence-electron chi connectivity index (χ2n) is 5.05. The maximum atomic E-state index is 12.6. The van der Waals surface area contributed by atoms with Gasteiger partial charge >= 0.3 is 0 Å². The zero-order valence-corrected chi connectivity index (χ0v) is 13.4. The molecule has 118 valence electrons. The van der Waals surface area contributed by atoms with Crippen molar-refractivity contribution in [3.8, 4) is 0 Å². The van der Waals surface area contributed by atoms with E-state index in [9.17, 15) is 4.79 Å². The lowest BCUT2D eigenvalue weighted by Gasteiger charge is -2.30. The Labute approximate surface area is 129 Å². The van der Waals surface area contributed by atoms with Gasteiger partial charge in [0.25, 0.3) is 0 Å². The van der Waals surface area contributed by atoms with E-state index in [4.69, 9.17) is 10.9 Å². The quantitative estimate of drug-likeness (QED) is 0.281. The molecule has 0 unspecified atom stereocenters. The minimum Gasteiger partial charge on any atom is -0.409 e. The van der Waals surface area contributed by atoms with Crippen molar-refractivity contribution in [2.45, 2.75) is 46.0 Å². The second kappa shape index (κ2) is 8.61. The summed E-state index contributed by atoms with van der Waals surface area (Å²) in [7, 11) is 0. The van der Waals surface area contributed by atoms with Crippen LogP contribution in [0.4, 0.5) is 0 Å². The molecular weight excluding hydrogens is 288 g/mol. The Balaban J connectivity index is 2.74. The summed E-state index contributed by atoms with van der Waals surface area (Å²) < 4.78 is 0. The fraction of sp³-hybridized carbons (Fsp3) is 0.643. The highest BCUT2D eigenvalue weighted by Gasteiger charge is 2.41. The Morgan fingerprint density at radius 1 is 1.48 bits per heavy atom. The molecule has 1 heterocycles. The number of oxime groups is 1. The van der Waals surface area contributed by atoms with Crippen LogP contribution in [0.5, 0.6) is 0 Å². The van der Waals surface area contributed by atoms with Gasteiger partial charge in [-0.3, -0.25) is 4.79 Å². The molecule has 0 aromatic carbocycles. The third-order valence-corrected chi connectivity index (χ3v) is 4.17. The SMILES string of the molecule is CCCC(CCC)(C(=O)NCCc1cscn1)C(N)=NO. The van der Waals surface area contributed by atoms with Gasteiger partial charge in [-0.1, -0.05) is 31.8 Å². The third-order valence-electron chi connectivity index (χ3n) is 3.54. The predicted octanol–water partition coefficient (Wildman–Crippen LogP) is 2.13. The summed E-state index contributed by atoms with van der Waals surface area (Å²) in [4.78, 5) is 16.8. The molecular formula is C14H24N4O2S. The number of amidine groups is 1. The van der Waals surface area contributed by atoms with E-state index in [2.05, 4.69) is 15.5 Å². The zero-order valence-electron chi connectivity index (χ0n) is 12.6. The number of carbonyl (C=O) groups excluding carboxylic acids is 1. The van der Waals surface area contributed by atoms with Gasteiger partial charge in [-0.05, 0) is 12.8 Å². The second-order valence-corrected chi connectivity index (χ2v) is 5.77. The van der Waals surface area contributed by atoms with Crippen LogP contribution in [0.25, 0.3) is 0 Å². The highest BCUT2D eigenvalue weighted by atomic mass is 32.1. The summed E-state index contributed by atoms with van der Waals surface area (Å²) in [6, 6.07) is 0. The van der Waals surface area contributed by atoms with Crippen molar-refractivity contribution < 1.29 is 10.0 Å². The summed E-state index contributed by atoms with van der Waals surface area (Å²) in [5.74, 6) is -0.172. The average molecular weight is 312 g/mol. The molecule has 4 N–H and O–H groups in total. The Hall–Kier alpha value is -1.63. The van der Waals surface area contributed by atoms with Crippen molar-refractivity contribution in [1.29, 1.82) is 0 Å². The number of aromatic nitrogens is 1. The lowest BCUT2D eigenvalue weighted by atomic mass is 9.77. The van der Waals surface area contributed by atoms with E-state index in [1.54, 1.807) is 5.51 Å². The van der Waals surface area contributed by atoms with Gasteiger partial charge in [0.05, 0.1) is 11.2 Å². The fourth-order valence-electron chi connectivity index (χ4n) is 2.51. The normalized spacial score (nSPS) is 12.4. The zero-order chi connectivity index (χ0) is 15.7. The van der Waals surface area contributed by atoms with Crippen LogP contribution in [0.1, 0.15) is 45.2 Å². The first-order valence-corrected chi connectivity index (χ1v) is 8.18. The summed E-state index contributed by atoms with van der Waals surface area (Å²) in [6.45, 7) is 4.46. The molecule has 0 spiro atoms. The van der Waals surface area contributed by atoms with E-state index in [1.165, 1.54) is 11.3 Å². The van der Waals surface area contributed by atoms with Crippen LogP contribution < -0.4 is 11.1 Å². The van der Waals surface area contributed by atoms with Crippen molar-refractivity contribution in [2.24, 2.45) is 16.3 Å². The van der Waals surface area contributed by atoms with Crippen LogP contribution in [0.2, 0.25) is 0 Å². The van der Waals surface area contributed by atoms with Crippen LogP contribution in [-0.2, 0) is 11.2 Å². The Morgan fingerprint density at radius 2 is 2.14 bits per heavy atom. The van der Waals surface area contributed by atoms with Crippen LogP contribution in [0.3, 0.4) is 0 Å². The Kier molecular flexibility index (Phi) is 7.14. The van der Waals surface area contributed by atoms with Gasteiger partial charge in [-0.25, -0.2) is 4.98 Å². The molecule has 1 aromatic heterocycles. The molecule has 1 amide bonds. The lowest BCUT2D eigenvalue weighted by molar-refractivity contribution is -0.128. The van der Waals surface area contributed by atoms with E-state index in [1.807, 2.05) is 19.2 Å². The molecule has 7 heteroatoms. The average Bonchev–Trinajstić information content (AvgIpc) is 2.99. The molecule has 0 saturated carbocycles. The molecule has 0 aliphatic carbocycles. The topological polar surface area (TPSA) is 101 Å². The fourth-order valence-corrected chi connectivity index (χ4v) is 3.10. The highest BCUT2D eigenvalue weighted by Crippen LogP contribution is 2.30. The Bertz CT molecular complexity index is 454. The van der Waals surface area contributed by atoms with Crippen LogP contribution in [-0.4, -0.2) is 28.5 Å². The minimum atomic E-state index is -0.916. The molecule has 0 radical (unpaired) electrons. The van der Waals surface area contributed by atoms with Gasteiger partial charge in [-0.15, -0.1) is 11.3 Å². The van der Waals surface area contributed by atoms with Gasteiger partial charge < -0.3 is 16.3 Å². The maximum absolute atomic E-state index is 12.6. The number of hydrogen-bond acceptors (Lipinski definition) is 5. The smallest absolute Gasteiger partial charge is 0.233 e. The largest absolute Gasteiger partial charge is 0.409 e. The molecule has 0 saturated heterocycles. The first kappa shape index (κ1) is 17.4. The summed E-state index contributed by atoms with van der Waals surface area (Å²) in [5, 5.41) is 17.0. The minimum absolute atomic E-state index is 0.00245. The van der Waals surface area contributed by atoms with E-state index >= 15 is 0 Å². The van der Waals surface area contributed by atoms with Crippen molar-refractivity contribution in [1.82, 2.24) is 10.3 Å². The van der Waals surface area contributed by atoms with Crippen molar-refractivity contribution in [3.05, 3.63) is 16.6 Å². The van der Waals surface area contributed by atoms with Crippen molar-refractivity contribution >= 4 is 23.1 Å². The van der Waals surface area contributed by atoms with Crippen molar-refractivity contribution in [2.75, 3.05) is 6.54 Å². The van der Waals surface area contributed by atoms with Gasteiger partial charge in [0.2, 0.25) is 5.91 Å². The number of carbonyl (C=O) groups is 1. The molecule has 0 fully saturated rings. The molecule has 0 aliphatic rings. The first-order valence-electron chi connectivity index (χ1n) is 7.24. The number of amides is 1. The molecule has 0 atom stereocenters. The summed E-state index contributed by atoms with van der Waals surface area (Å²) in [5.41, 5.74) is 7.63. The molecule has 1 aromatic rings. The first-order chi connectivity index (χ1) is 10.1. The van der Waals surface area contributed by atoms with E-state index < -0.39 is 5.41 Å². The number of nitrogens with two attached hydrogens (primary N) is 1. The maximum Gasteiger partial charge on any atom is 0.233 e. The van der Waals surface area contributed by atoms with E-state index in [0.29, 0.717) is 25.8 Å². The molecule has 0 bridgehead atoms. The number of nitrogens with one attached hydrogen (secondary N) is 1. The van der Waals surface area contributed by atoms with Gasteiger partial charge in [0.15, 0.2) is 5.84 Å². The van der Waals surface area contributed by atoms with Gasteiger partial charge in [-0.2, -0.15) is 0 Å². The number of hydrogen-bond donors (Lipinski definition) is 3. The van der Waals surface area contributed by atoms with E-state index in [-0.39, 0.29) is 11.7 Å². The third kappa shape index (κ3) is 4.42. The number of nitrogens with zero attached hydrogens (tertiary/aromatic N) is 2.